The maximum absolute atomic E-state index is 12.5. The van der Waals surface area contributed by atoms with Gasteiger partial charge in [-0.25, -0.2) is 13.1 Å². The molecule has 6 heteroatoms. The first-order chi connectivity index (χ1) is 13.9. The molecule has 0 saturated carbocycles. The smallest absolute Gasteiger partial charge is 0.255 e. The summed E-state index contributed by atoms with van der Waals surface area (Å²) in [4.78, 5) is 12.7. The maximum atomic E-state index is 12.5. The highest BCUT2D eigenvalue weighted by molar-refractivity contribution is 7.89. The molecule has 1 amide bonds. The van der Waals surface area contributed by atoms with E-state index in [2.05, 4.69) is 10.0 Å². The predicted molar refractivity (Wildman–Crippen MR) is 116 cm³/mol. The minimum atomic E-state index is -3.56. The highest BCUT2D eigenvalue weighted by atomic mass is 32.2. The Balaban J connectivity index is 1.68. The Bertz CT molecular complexity index is 1060. The summed E-state index contributed by atoms with van der Waals surface area (Å²) in [5, 5.41) is 2.79. The summed E-state index contributed by atoms with van der Waals surface area (Å²) in [6.45, 7) is 3.73. The van der Waals surface area contributed by atoms with Crippen LogP contribution in [0.15, 0.2) is 83.8 Å². The summed E-state index contributed by atoms with van der Waals surface area (Å²) in [6, 6.07) is 23.3. The van der Waals surface area contributed by atoms with Crippen LogP contribution >= 0.6 is 0 Å². The van der Waals surface area contributed by atoms with Crippen molar-refractivity contribution in [3.05, 3.63) is 84.4 Å². The van der Waals surface area contributed by atoms with Crippen LogP contribution in [0.3, 0.4) is 0 Å². The van der Waals surface area contributed by atoms with E-state index in [9.17, 15) is 13.2 Å². The third-order valence-electron chi connectivity index (χ3n) is 4.65. The van der Waals surface area contributed by atoms with Crippen LogP contribution in [0, 0.1) is 0 Å². The second-order valence-corrected chi connectivity index (χ2v) is 8.57. The topological polar surface area (TPSA) is 75.3 Å². The Morgan fingerprint density at radius 2 is 1.45 bits per heavy atom. The summed E-state index contributed by atoms with van der Waals surface area (Å²) in [5.41, 5.74) is 3.18. The SMILES string of the molecule is CC[C@@H](C)NS(=O)(=O)c1ccc(NC(=O)c2ccc(-c3ccccc3)cc2)cc1. The fourth-order valence-electron chi connectivity index (χ4n) is 2.78. The average Bonchev–Trinajstić information content (AvgIpc) is 2.74. The van der Waals surface area contributed by atoms with Gasteiger partial charge in [-0.05, 0) is 60.9 Å². The zero-order valence-electron chi connectivity index (χ0n) is 16.4. The first kappa shape index (κ1) is 20.8. The van der Waals surface area contributed by atoms with E-state index < -0.39 is 10.0 Å². The van der Waals surface area contributed by atoms with E-state index in [4.69, 9.17) is 0 Å². The molecule has 3 aromatic carbocycles. The van der Waals surface area contributed by atoms with Crippen molar-refractivity contribution in [2.24, 2.45) is 0 Å². The van der Waals surface area contributed by atoms with Gasteiger partial charge in [0.05, 0.1) is 4.90 Å². The van der Waals surface area contributed by atoms with Gasteiger partial charge >= 0.3 is 0 Å². The number of benzene rings is 3. The van der Waals surface area contributed by atoms with Gasteiger partial charge in [-0.3, -0.25) is 4.79 Å². The first-order valence-electron chi connectivity index (χ1n) is 9.48. The zero-order valence-corrected chi connectivity index (χ0v) is 17.2. The van der Waals surface area contributed by atoms with Gasteiger partial charge in [-0.15, -0.1) is 0 Å². The molecule has 2 N–H and O–H groups in total. The van der Waals surface area contributed by atoms with Crippen molar-refractivity contribution in [1.82, 2.24) is 4.72 Å². The largest absolute Gasteiger partial charge is 0.322 e. The fourth-order valence-corrected chi connectivity index (χ4v) is 4.11. The predicted octanol–water partition coefficient (Wildman–Crippen LogP) is 4.68. The van der Waals surface area contributed by atoms with Gasteiger partial charge in [0.25, 0.3) is 5.91 Å². The normalized spacial score (nSPS) is 12.3. The second-order valence-electron chi connectivity index (χ2n) is 6.85. The first-order valence-corrected chi connectivity index (χ1v) is 11.0. The van der Waals surface area contributed by atoms with Gasteiger partial charge in [0.2, 0.25) is 10.0 Å². The van der Waals surface area contributed by atoms with Crippen LogP contribution in [0.4, 0.5) is 5.69 Å². The van der Waals surface area contributed by atoms with Gasteiger partial charge in [0, 0.05) is 17.3 Å². The number of hydrogen-bond acceptors (Lipinski definition) is 3. The Morgan fingerprint density at radius 1 is 0.862 bits per heavy atom. The van der Waals surface area contributed by atoms with E-state index in [0.29, 0.717) is 17.7 Å². The van der Waals surface area contributed by atoms with Crippen LogP contribution in [0.5, 0.6) is 0 Å². The van der Waals surface area contributed by atoms with Gasteiger partial charge in [-0.2, -0.15) is 0 Å². The summed E-state index contributed by atoms with van der Waals surface area (Å²) in [7, 11) is -3.56. The molecule has 0 aliphatic carbocycles. The van der Waals surface area contributed by atoms with Crippen molar-refractivity contribution in [2.75, 3.05) is 5.32 Å². The number of sulfonamides is 1. The van der Waals surface area contributed by atoms with Crippen LogP contribution in [0.2, 0.25) is 0 Å². The monoisotopic (exact) mass is 408 g/mol. The number of hydrogen-bond donors (Lipinski definition) is 2. The Morgan fingerprint density at radius 3 is 2.03 bits per heavy atom. The van der Waals surface area contributed by atoms with E-state index in [1.807, 2.05) is 56.3 Å². The molecular formula is C23H24N2O3S. The van der Waals surface area contributed by atoms with Crippen LogP contribution < -0.4 is 10.0 Å². The summed E-state index contributed by atoms with van der Waals surface area (Å²) < 4.78 is 27.2. The molecule has 0 radical (unpaired) electrons. The lowest BCUT2D eigenvalue weighted by Gasteiger charge is -2.12. The van der Waals surface area contributed by atoms with Gasteiger partial charge in [0.1, 0.15) is 0 Å². The lowest BCUT2D eigenvalue weighted by atomic mass is 10.0. The van der Waals surface area contributed by atoms with Crippen molar-refractivity contribution in [2.45, 2.75) is 31.2 Å². The summed E-state index contributed by atoms with van der Waals surface area (Å²) in [6.07, 6.45) is 0.705. The van der Waals surface area contributed by atoms with Crippen molar-refractivity contribution in [1.29, 1.82) is 0 Å². The Labute approximate surface area is 171 Å². The summed E-state index contributed by atoms with van der Waals surface area (Å²) in [5.74, 6) is -0.252. The average molecular weight is 409 g/mol. The zero-order chi connectivity index (χ0) is 20.9. The molecule has 150 valence electrons. The summed E-state index contributed by atoms with van der Waals surface area (Å²) >= 11 is 0. The molecule has 0 spiro atoms. The van der Waals surface area contributed by atoms with E-state index in [0.717, 1.165) is 11.1 Å². The quantitative estimate of drug-likeness (QED) is 0.596. The van der Waals surface area contributed by atoms with E-state index >= 15 is 0 Å². The lowest BCUT2D eigenvalue weighted by molar-refractivity contribution is 0.102. The van der Waals surface area contributed by atoms with Crippen LogP contribution in [0.25, 0.3) is 11.1 Å². The molecule has 29 heavy (non-hydrogen) atoms. The molecule has 3 aromatic rings. The Hall–Kier alpha value is -2.96. The van der Waals surface area contributed by atoms with Crippen molar-refractivity contribution in [3.8, 4) is 11.1 Å². The third kappa shape index (κ3) is 5.31. The van der Waals surface area contributed by atoms with Gasteiger partial charge in [0.15, 0.2) is 0 Å². The molecule has 0 saturated heterocycles. The molecule has 0 heterocycles. The molecule has 5 nitrogen and oxygen atoms in total. The molecule has 0 unspecified atom stereocenters. The standard InChI is InChI=1S/C23H24N2O3S/c1-3-17(2)25-29(27,28)22-15-13-21(14-16-22)24-23(26)20-11-9-19(10-12-20)18-7-5-4-6-8-18/h4-17,25H,3H2,1-2H3,(H,24,26)/t17-/m1/s1. The van der Waals surface area contributed by atoms with Crippen LogP contribution in [-0.4, -0.2) is 20.4 Å². The van der Waals surface area contributed by atoms with Gasteiger partial charge < -0.3 is 5.32 Å². The van der Waals surface area contributed by atoms with E-state index in [1.165, 1.54) is 12.1 Å². The van der Waals surface area contributed by atoms with E-state index in [1.54, 1.807) is 24.3 Å². The van der Waals surface area contributed by atoms with Gasteiger partial charge in [-0.1, -0.05) is 49.4 Å². The number of nitrogens with one attached hydrogen (secondary N) is 2. The van der Waals surface area contributed by atoms with Crippen molar-refractivity contribution >= 4 is 21.6 Å². The lowest BCUT2D eigenvalue weighted by Crippen LogP contribution is -2.31. The molecule has 0 aromatic heterocycles. The molecular weight excluding hydrogens is 384 g/mol. The van der Waals surface area contributed by atoms with Crippen LogP contribution in [-0.2, 0) is 10.0 Å². The van der Waals surface area contributed by atoms with E-state index in [-0.39, 0.29) is 16.8 Å². The molecule has 3 rings (SSSR count). The van der Waals surface area contributed by atoms with Crippen molar-refractivity contribution < 1.29 is 13.2 Å². The highest BCUT2D eigenvalue weighted by Gasteiger charge is 2.16. The van der Waals surface area contributed by atoms with Crippen LogP contribution in [0.1, 0.15) is 30.6 Å². The molecule has 1 atom stereocenters. The molecule has 0 aliphatic rings. The minimum absolute atomic E-state index is 0.141. The maximum Gasteiger partial charge on any atom is 0.255 e. The molecule has 0 aliphatic heterocycles. The number of anilines is 1. The second kappa shape index (κ2) is 9.03. The third-order valence-corrected chi connectivity index (χ3v) is 6.25. The molecule has 0 bridgehead atoms. The number of carbonyl (C=O) groups excluding carboxylic acids is 1. The Kier molecular flexibility index (Phi) is 6.46. The number of carbonyl (C=O) groups is 1. The molecule has 0 fully saturated rings. The number of rotatable bonds is 7. The minimum Gasteiger partial charge on any atom is -0.322 e. The number of amides is 1. The highest BCUT2D eigenvalue weighted by Crippen LogP contribution is 2.20. The van der Waals surface area contributed by atoms with Crippen molar-refractivity contribution in [3.63, 3.8) is 0 Å². The fraction of sp³-hybridized carbons (Fsp3) is 0.174.